The third-order valence-corrected chi connectivity index (χ3v) is 4.24. The molecule has 1 aromatic heterocycles. The van der Waals surface area contributed by atoms with E-state index in [1.165, 1.54) is 36.6 Å². The number of imide groups is 1. The summed E-state index contributed by atoms with van der Waals surface area (Å²) in [6.07, 6.45) is 0. The van der Waals surface area contributed by atoms with Crippen LogP contribution in [0.15, 0.2) is 35.7 Å². The minimum absolute atomic E-state index is 0.0863. The summed E-state index contributed by atoms with van der Waals surface area (Å²) < 4.78 is 15.1. The number of carbonyl (C=O) groups excluding carboxylic acids is 4. The van der Waals surface area contributed by atoms with Crippen LogP contribution in [0.5, 0.6) is 11.5 Å². The average Bonchev–Trinajstić information content (AvgIpc) is 3.22. The van der Waals surface area contributed by atoms with Gasteiger partial charge in [0.1, 0.15) is 0 Å². The Morgan fingerprint density at radius 3 is 2.55 bits per heavy atom. The van der Waals surface area contributed by atoms with E-state index in [-0.39, 0.29) is 30.2 Å². The third-order valence-electron chi connectivity index (χ3n) is 3.36. The summed E-state index contributed by atoms with van der Waals surface area (Å²) in [5.74, 6) is -1.86. The van der Waals surface area contributed by atoms with Crippen molar-refractivity contribution < 1.29 is 33.4 Å². The zero-order chi connectivity index (χ0) is 21.2. The summed E-state index contributed by atoms with van der Waals surface area (Å²) in [5.41, 5.74) is 5.10. The lowest BCUT2D eigenvalue weighted by atomic mass is 10.2. The van der Waals surface area contributed by atoms with Gasteiger partial charge in [0.05, 0.1) is 19.2 Å². The van der Waals surface area contributed by atoms with Crippen LogP contribution < -0.4 is 25.8 Å². The van der Waals surface area contributed by atoms with Crippen molar-refractivity contribution in [3.05, 3.63) is 46.2 Å². The summed E-state index contributed by atoms with van der Waals surface area (Å²) in [5, 5.41) is 6.44. The molecule has 0 aliphatic heterocycles. The average molecular weight is 421 g/mol. The minimum atomic E-state index is -0.807. The second-order valence-electron chi connectivity index (χ2n) is 5.51. The van der Waals surface area contributed by atoms with Crippen molar-refractivity contribution in [2.24, 2.45) is 5.73 Å². The Bertz CT molecular complexity index is 884. The molecule has 0 unspecified atom stereocenters. The summed E-state index contributed by atoms with van der Waals surface area (Å²) in [7, 11) is 1.35. The molecule has 0 atom stereocenters. The van der Waals surface area contributed by atoms with Gasteiger partial charge < -0.3 is 25.3 Å². The lowest BCUT2D eigenvalue weighted by Gasteiger charge is -2.11. The number of urea groups is 1. The molecule has 2 rings (SSSR count). The van der Waals surface area contributed by atoms with Gasteiger partial charge >= 0.3 is 12.0 Å². The molecule has 10 nitrogen and oxygen atoms in total. The number of hydrogen-bond donors (Lipinski definition) is 3. The number of methoxy groups -OCH3 is 1. The fourth-order valence-electron chi connectivity index (χ4n) is 2.06. The van der Waals surface area contributed by atoms with Crippen LogP contribution in [0.3, 0.4) is 0 Å². The molecule has 4 amide bonds. The number of ether oxygens (including phenoxy) is 3. The van der Waals surface area contributed by atoms with E-state index in [0.717, 1.165) is 4.88 Å². The quantitative estimate of drug-likeness (QED) is 0.508. The molecular formula is C18H19N3O7S. The van der Waals surface area contributed by atoms with Gasteiger partial charge in [-0.1, -0.05) is 6.07 Å². The van der Waals surface area contributed by atoms with E-state index >= 15 is 0 Å². The van der Waals surface area contributed by atoms with E-state index in [2.05, 4.69) is 10.6 Å². The number of nitrogens with one attached hydrogen (secondary N) is 2. The predicted octanol–water partition coefficient (Wildman–Crippen LogP) is 0.804. The Morgan fingerprint density at radius 1 is 1.10 bits per heavy atom. The molecule has 0 bridgehead atoms. The normalized spacial score (nSPS) is 9.97. The monoisotopic (exact) mass is 421 g/mol. The maximum atomic E-state index is 12.1. The van der Waals surface area contributed by atoms with Crippen LogP contribution in [0.25, 0.3) is 0 Å². The summed E-state index contributed by atoms with van der Waals surface area (Å²) in [6.45, 7) is -0.719. The molecule has 0 radical (unpaired) electrons. The summed E-state index contributed by atoms with van der Waals surface area (Å²) >= 11 is 1.47. The SMILES string of the molecule is COc1cc(C(=O)OCC(=O)NC(=O)NCc2cccs2)ccc1OCC(N)=O. The van der Waals surface area contributed by atoms with E-state index in [0.29, 0.717) is 0 Å². The first-order chi connectivity index (χ1) is 13.9. The van der Waals surface area contributed by atoms with Gasteiger partial charge in [0.15, 0.2) is 24.7 Å². The predicted molar refractivity (Wildman–Crippen MR) is 103 cm³/mol. The van der Waals surface area contributed by atoms with E-state index < -0.39 is 30.4 Å². The van der Waals surface area contributed by atoms with Crippen LogP contribution in [-0.2, 0) is 20.9 Å². The van der Waals surface area contributed by atoms with Gasteiger partial charge in [-0.3, -0.25) is 14.9 Å². The molecular weight excluding hydrogens is 402 g/mol. The number of esters is 1. The molecule has 0 aliphatic carbocycles. The zero-order valence-corrected chi connectivity index (χ0v) is 16.2. The number of thiophene rings is 1. The number of primary amides is 1. The van der Waals surface area contributed by atoms with E-state index in [1.54, 1.807) is 0 Å². The number of rotatable bonds is 9. The van der Waals surface area contributed by atoms with Gasteiger partial charge in [0, 0.05) is 4.88 Å². The largest absolute Gasteiger partial charge is 0.493 e. The smallest absolute Gasteiger partial charge is 0.338 e. The molecule has 0 fully saturated rings. The number of benzene rings is 1. The van der Waals surface area contributed by atoms with Crippen molar-refractivity contribution >= 4 is 35.2 Å². The molecule has 0 aliphatic rings. The van der Waals surface area contributed by atoms with Crippen molar-refractivity contribution in [1.29, 1.82) is 0 Å². The lowest BCUT2D eigenvalue weighted by Crippen LogP contribution is -2.41. The van der Waals surface area contributed by atoms with Crippen LogP contribution >= 0.6 is 11.3 Å². The summed E-state index contributed by atoms with van der Waals surface area (Å²) in [6, 6.07) is 7.08. The van der Waals surface area contributed by atoms with Gasteiger partial charge in [-0.15, -0.1) is 11.3 Å². The molecule has 4 N–H and O–H groups in total. The highest BCUT2D eigenvalue weighted by Gasteiger charge is 2.15. The first kappa shape index (κ1) is 21.7. The molecule has 1 heterocycles. The summed E-state index contributed by atoms with van der Waals surface area (Å²) in [4.78, 5) is 47.2. The van der Waals surface area contributed by atoms with Gasteiger partial charge in [0.25, 0.3) is 11.8 Å². The molecule has 11 heteroatoms. The fraction of sp³-hybridized carbons (Fsp3) is 0.222. The third kappa shape index (κ3) is 7.14. The lowest BCUT2D eigenvalue weighted by molar-refractivity contribution is -0.123. The number of amides is 4. The van der Waals surface area contributed by atoms with Crippen molar-refractivity contribution in [2.45, 2.75) is 6.54 Å². The van der Waals surface area contributed by atoms with Crippen molar-refractivity contribution in [3.8, 4) is 11.5 Å². The van der Waals surface area contributed by atoms with E-state index in [4.69, 9.17) is 19.9 Å². The van der Waals surface area contributed by atoms with E-state index in [9.17, 15) is 19.2 Å². The molecule has 0 saturated heterocycles. The Labute approximate surface area is 169 Å². The first-order valence-electron chi connectivity index (χ1n) is 8.25. The fourth-order valence-corrected chi connectivity index (χ4v) is 2.71. The molecule has 0 spiro atoms. The Kier molecular flexibility index (Phi) is 7.98. The maximum absolute atomic E-state index is 12.1. The van der Waals surface area contributed by atoms with Gasteiger partial charge in [-0.2, -0.15) is 0 Å². The van der Waals surface area contributed by atoms with Crippen LogP contribution in [0.2, 0.25) is 0 Å². The Morgan fingerprint density at radius 2 is 1.90 bits per heavy atom. The Hall–Kier alpha value is -3.60. The van der Waals surface area contributed by atoms with Crippen LogP contribution in [0.4, 0.5) is 4.79 Å². The van der Waals surface area contributed by atoms with Crippen molar-refractivity contribution in [3.63, 3.8) is 0 Å². The van der Waals surface area contributed by atoms with Gasteiger partial charge in [-0.25, -0.2) is 9.59 Å². The van der Waals surface area contributed by atoms with Crippen LogP contribution in [0.1, 0.15) is 15.2 Å². The highest BCUT2D eigenvalue weighted by molar-refractivity contribution is 7.09. The second kappa shape index (κ2) is 10.7. The van der Waals surface area contributed by atoms with Crippen molar-refractivity contribution in [2.75, 3.05) is 20.3 Å². The van der Waals surface area contributed by atoms with Gasteiger partial charge in [-0.05, 0) is 29.6 Å². The highest BCUT2D eigenvalue weighted by Crippen LogP contribution is 2.28. The molecule has 29 heavy (non-hydrogen) atoms. The van der Waals surface area contributed by atoms with Crippen LogP contribution in [-0.4, -0.2) is 44.1 Å². The highest BCUT2D eigenvalue weighted by atomic mass is 32.1. The molecule has 1 aromatic carbocycles. The number of carbonyl (C=O) groups is 4. The molecule has 154 valence electrons. The molecule has 2 aromatic rings. The minimum Gasteiger partial charge on any atom is -0.493 e. The van der Waals surface area contributed by atoms with Crippen LogP contribution in [0, 0.1) is 0 Å². The molecule has 0 saturated carbocycles. The topological polar surface area (TPSA) is 146 Å². The first-order valence-corrected chi connectivity index (χ1v) is 9.13. The standard InChI is InChI=1S/C18H19N3O7S/c1-26-14-7-11(4-5-13(14)27-9-15(19)22)17(24)28-10-16(23)21-18(25)20-8-12-3-2-6-29-12/h2-7H,8-10H2,1H3,(H2,19,22)(H2,20,21,23,25). The number of hydrogen-bond acceptors (Lipinski definition) is 8. The Balaban J connectivity index is 1.82. The van der Waals surface area contributed by atoms with Crippen molar-refractivity contribution in [1.82, 2.24) is 10.6 Å². The van der Waals surface area contributed by atoms with E-state index in [1.807, 2.05) is 17.5 Å². The number of nitrogens with two attached hydrogens (primary N) is 1. The zero-order valence-electron chi connectivity index (χ0n) is 15.4. The second-order valence-corrected chi connectivity index (χ2v) is 6.54. The van der Waals surface area contributed by atoms with Gasteiger partial charge in [0.2, 0.25) is 0 Å². The maximum Gasteiger partial charge on any atom is 0.338 e.